The van der Waals surface area contributed by atoms with Gasteiger partial charge in [0.15, 0.2) is 5.75 Å². The molecule has 0 atom stereocenters. The second kappa shape index (κ2) is 6.51. The number of alkyl halides is 2. The van der Waals surface area contributed by atoms with Crippen molar-refractivity contribution in [2.45, 2.75) is 32.4 Å². The molecule has 0 spiro atoms. The Morgan fingerprint density at radius 3 is 2.71 bits per heavy atom. The SMILES string of the molecule is CCOC(=O)c1cn(C2CC2)c2c(OC(F)F)c(Br)ccc2c1=O. The number of hydrogen-bond acceptors (Lipinski definition) is 4. The Labute approximate surface area is 144 Å². The van der Waals surface area contributed by atoms with E-state index >= 15 is 0 Å². The molecule has 0 amide bonds. The molecule has 128 valence electrons. The summed E-state index contributed by atoms with van der Waals surface area (Å²) in [5.41, 5.74) is -0.418. The summed E-state index contributed by atoms with van der Waals surface area (Å²) in [5, 5.41) is 0.145. The van der Waals surface area contributed by atoms with Gasteiger partial charge in [0.2, 0.25) is 5.43 Å². The summed E-state index contributed by atoms with van der Waals surface area (Å²) in [6.45, 7) is -1.25. The molecule has 1 saturated carbocycles. The average molecular weight is 402 g/mol. The first kappa shape index (κ1) is 16.9. The average Bonchev–Trinajstić information content (AvgIpc) is 3.35. The van der Waals surface area contributed by atoms with Crippen molar-refractivity contribution >= 4 is 32.8 Å². The van der Waals surface area contributed by atoms with Gasteiger partial charge in [-0.2, -0.15) is 8.78 Å². The molecule has 0 N–H and O–H groups in total. The lowest BCUT2D eigenvalue weighted by Gasteiger charge is -2.17. The molecule has 2 aromatic rings. The summed E-state index contributed by atoms with van der Waals surface area (Å²) in [7, 11) is 0. The fourth-order valence-electron chi connectivity index (χ4n) is 2.59. The van der Waals surface area contributed by atoms with Gasteiger partial charge in [-0.05, 0) is 47.8 Å². The van der Waals surface area contributed by atoms with Crippen LogP contribution in [0.3, 0.4) is 0 Å². The first-order valence-corrected chi connectivity index (χ1v) is 8.22. The maximum absolute atomic E-state index is 12.8. The van der Waals surface area contributed by atoms with Crippen LogP contribution in [-0.4, -0.2) is 23.8 Å². The van der Waals surface area contributed by atoms with E-state index in [1.165, 1.54) is 18.3 Å². The molecule has 0 unspecified atom stereocenters. The van der Waals surface area contributed by atoms with Crippen LogP contribution < -0.4 is 10.2 Å². The summed E-state index contributed by atoms with van der Waals surface area (Å²) in [6, 6.07) is 2.98. The zero-order chi connectivity index (χ0) is 17.4. The van der Waals surface area contributed by atoms with E-state index in [1.807, 2.05) is 0 Å². The molecule has 0 saturated heterocycles. The molecule has 24 heavy (non-hydrogen) atoms. The van der Waals surface area contributed by atoms with Gasteiger partial charge in [-0.3, -0.25) is 4.79 Å². The van der Waals surface area contributed by atoms with Crippen LogP contribution in [0.5, 0.6) is 5.75 Å². The number of aromatic nitrogens is 1. The molecule has 1 aliphatic carbocycles. The predicted molar refractivity (Wildman–Crippen MR) is 86.8 cm³/mol. The molecule has 0 aliphatic heterocycles. The summed E-state index contributed by atoms with van der Waals surface area (Å²) in [4.78, 5) is 24.7. The zero-order valence-corrected chi connectivity index (χ0v) is 14.3. The van der Waals surface area contributed by atoms with Crippen molar-refractivity contribution in [1.29, 1.82) is 0 Å². The van der Waals surface area contributed by atoms with Gasteiger partial charge in [0.1, 0.15) is 5.56 Å². The van der Waals surface area contributed by atoms with E-state index in [1.54, 1.807) is 11.5 Å². The summed E-state index contributed by atoms with van der Waals surface area (Å²) in [6.07, 6.45) is 3.05. The molecular weight excluding hydrogens is 388 g/mol. The third-order valence-corrected chi connectivity index (χ3v) is 4.37. The Hall–Kier alpha value is -1.96. The van der Waals surface area contributed by atoms with Crippen LogP contribution in [0.4, 0.5) is 8.78 Å². The number of fused-ring (bicyclic) bond motifs is 1. The number of esters is 1. The van der Waals surface area contributed by atoms with Crippen LogP contribution in [-0.2, 0) is 4.74 Å². The number of nitrogens with zero attached hydrogens (tertiary/aromatic N) is 1. The van der Waals surface area contributed by atoms with Crippen molar-refractivity contribution in [3.05, 3.63) is 38.6 Å². The van der Waals surface area contributed by atoms with Crippen LogP contribution >= 0.6 is 15.9 Å². The number of pyridine rings is 1. The van der Waals surface area contributed by atoms with Crippen LogP contribution in [0.15, 0.2) is 27.6 Å². The number of benzene rings is 1. The second-order valence-corrected chi connectivity index (χ2v) is 6.24. The van der Waals surface area contributed by atoms with Gasteiger partial charge in [0, 0.05) is 12.2 Å². The van der Waals surface area contributed by atoms with E-state index in [0.717, 1.165) is 12.8 Å². The van der Waals surface area contributed by atoms with Gasteiger partial charge in [-0.25, -0.2) is 4.79 Å². The van der Waals surface area contributed by atoms with Crippen LogP contribution in [0, 0.1) is 0 Å². The molecule has 3 rings (SSSR count). The lowest BCUT2D eigenvalue weighted by atomic mass is 10.1. The number of carbonyl (C=O) groups is 1. The Kier molecular flexibility index (Phi) is 4.58. The van der Waals surface area contributed by atoms with Crippen LogP contribution in [0.25, 0.3) is 10.9 Å². The number of ether oxygens (including phenoxy) is 2. The van der Waals surface area contributed by atoms with Crippen molar-refractivity contribution < 1.29 is 23.0 Å². The van der Waals surface area contributed by atoms with E-state index in [0.29, 0.717) is 4.47 Å². The Bertz CT molecular complexity index is 861. The maximum atomic E-state index is 12.8. The van der Waals surface area contributed by atoms with Crippen LogP contribution in [0.2, 0.25) is 0 Å². The Morgan fingerprint density at radius 1 is 1.42 bits per heavy atom. The highest BCUT2D eigenvalue weighted by Crippen LogP contribution is 2.41. The van der Waals surface area contributed by atoms with Crippen molar-refractivity contribution in [2.75, 3.05) is 6.61 Å². The molecule has 1 heterocycles. The highest BCUT2D eigenvalue weighted by atomic mass is 79.9. The second-order valence-electron chi connectivity index (χ2n) is 5.38. The predicted octanol–water partition coefficient (Wildman–Crippen LogP) is 3.88. The third kappa shape index (κ3) is 3.02. The summed E-state index contributed by atoms with van der Waals surface area (Å²) < 4.78 is 37.1. The first-order chi connectivity index (χ1) is 11.4. The minimum atomic E-state index is -3.03. The Balaban J connectivity index is 2.32. The quantitative estimate of drug-likeness (QED) is 0.713. The fourth-order valence-corrected chi connectivity index (χ4v) is 3.00. The summed E-state index contributed by atoms with van der Waals surface area (Å²) in [5.74, 6) is -0.833. The fraction of sp³-hybridized carbons (Fsp3) is 0.375. The monoisotopic (exact) mass is 401 g/mol. The molecule has 1 fully saturated rings. The smallest absolute Gasteiger partial charge is 0.387 e. The van der Waals surface area contributed by atoms with Crippen molar-refractivity contribution in [2.24, 2.45) is 0 Å². The van der Waals surface area contributed by atoms with Crippen LogP contribution in [0.1, 0.15) is 36.2 Å². The van der Waals surface area contributed by atoms with E-state index in [-0.39, 0.29) is 34.9 Å². The van der Waals surface area contributed by atoms with Gasteiger partial charge in [0.25, 0.3) is 0 Å². The van der Waals surface area contributed by atoms with Crippen molar-refractivity contribution in [1.82, 2.24) is 4.57 Å². The number of hydrogen-bond donors (Lipinski definition) is 0. The third-order valence-electron chi connectivity index (χ3n) is 3.74. The van der Waals surface area contributed by atoms with E-state index in [2.05, 4.69) is 20.7 Å². The van der Waals surface area contributed by atoms with Gasteiger partial charge in [-0.1, -0.05) is 0 Å². The van der Waals surface area contributed by atoms with E-state index in [9.17, 15) is 18.4 Å². The molecule has 1 aromatic carbocycles. The molecule has 0 radical (unpaired) electrons. The highest BCUT2D eigenvalue weighted by Gasteiger charge is 2.29. The normalized spacial score (nSPS) is 14.2. The Morgan fingerprint density at radius 2 is 2.12 bits per heavy atom. The van der Waals surface area contributed by atoms with E-state index in [4.69, 9.17) is 4.74 Å². The van der Waals surface area contributed by atoms with Gasteiger partial charge >= 0.3 is 12.6 Å². The molecule has 1 aromatic heterocycles. The highest BCUT2D eigenvalue weighted by molar-refractivity contribution is 9.10. The number of rotatable bonds is 5. The van der Waals surface area contributed by atoms with Gasteiger partial charge < -0.3 is 14.0 Å². The van der Waals surface area contributed by atoms with Crippen molar-refractivity contribution in [3.8, 4) is 5.75 Å². The lowest BCUT2D eigenvalue weighted by Crippen LogP contribution is -2.21. The molecular formula is C16H14BrF2NO4. The van der Waals surface area contributed by atoms with Crippen molar-refractivity contribution in [3.63, 3.8) is 0 Å². The van der Waals surface area contributed by atoms with Gasteiger partial charge in [-0.15, -0.1) is 0 Å². The molecule has 5 nitrogen and oxygen atoms in total. The molecule has 8 heteroatoms. The lowest BCUT2D eigenvalue weighted by molar-refractivity contribution is -0.0495. The first-order valence-electron chi connectivity index (χ1n) is 7.43. The largest absolute Gasteiger partial charge is 0.462 e. The van der Waals surface area contributed by atoms with E-state index < -0.39 is 18.0 Å². The minimum Gasteiger partial charge on any atom is -0.462 e. The zero-order valence-electron chi connectivity index (χ0n) is 12.7. The summed E-state index contributed by atoms with van der Waals surface area (Å²) >= 11 is 3.18. The maximum Gasteiger partial charge on any atom is 0.387 e. The molecule has 0 bridgehead atoms. The number of halogens is 3. The minimum absolute atomic E-state index is 0.0376. The van der Waals surface area contributed by atoms with Gasteiger partial charge in [0.05, 0.1) is 22.0 Å². The number of carbonyl (C=O) groups excluding carboxylic acids is 1. The topological polar surface area (TPSA) is 57.5 Å². The molecule has 1 aliphatic rings. The standard InChI is InChI=1S/C16H14BrF2NO4/c1-2-23-15(22)10-7-20(8-3-4-8)12-9(13(10)21)5-6-11(17)14(12)24-16(18)19/h5-8,16H,2-4H2,1H3.